The van der Waals surface area contributed by atoms with E-state index in [1.54, 1.807) is 18.2 Å². The summed E-state index contributed by atoms with van der Waals surface area (Å²) >= 11 is 3.29. The number of halogens is 1. The SMILES string of the molecule is O=C(CNC(=O)c1ccccc1Br)NCCC(=O)N1CCCC1. The molecule has 23 heavy (non-hydrogen) atoms. The molecule has 0 aliphatic carbocycles. The van der Waals surface area contributed by atoms with Gasteiger partial charge in [0.15, 0.2) is 0 Å². The van der Waals surface area contributed by atoms with Gasteiger partial charge in [0.1, 0.15) is 0 Å². The van der Waals surface area contributed by atoms with E-state index in [0.717, 1.165) is 25.9 Å². The number of rotatable bonds is 6. The lowest BCUT2D eigenvalue weighted by atomic mass is 10.2. The van der Waals surface area contributed by atoms with E-state index in [1.807, 2.05) is 11.0 Å². The number of likely N-dealkylation sites (tertiary alicyclic amines) is 1. The van der Waals surface area contributed by atoms with Gasteiger partial charge in [-0.2, -0.15) is 0 Å². The first-order valence-electron chi connectivity index (χ1n) is 7.65. The lowest BCUT2D eigenvalue weighted by Gasteiger charge is -2.15. The molecule has 0 saturated carbocycles. The van der Waals surface area contributed by atoms with Crippen LogP contribution in [-0.2, 0) is 9.59 Å². The summed E-state index contributed by atoms with van der Waals surface area (Å²) in [5.74, 6) is -0.555. The van der Waals surface area contributed by atoms with Gasteiger partial charge in [0.25, 0.3) is 5.91 Å². The molecule has 1 fully saturated rings. The van der Waals surface area contributed by atoms with E-state index in [4.69, 9.17) is 0 Å². The Morgan fingerprint density at radius 3 is 2.48 bits per heavy atom. The van der Waals surface area contributed by atoms with Crippen LogP contribution in [0.3, 0.4) is 0 Å². The molecule has 0 atom stereocenters. The Kier molecular flexibility index (Phi) is 6.58. The second kappa shape index (κ2) is 8.67. The molecule has 1 aromatic rings. The zero-order valence-electron chi connectivity index (χ0n) is 12.8. The van der Waals surface area contributed by atoms with Crippen molar-refractivity contribution in [2.75, 3.05) is 26.2 Å². The molecular formula is C16H20BrN3O3. The molecule has 0 spiro atoms. The minimum atomic E-state index is -0.319. The third-order valence-electron chi connectivity index (χ3n) is 3.65. The number of amides is 3. The number of nitrogens with zero attached hydrogens (tertiary/aromatic N) is 1. The predicted molar refractivity (Wildman–Crippen MR) is 89.9 cm³/mol. The number of benzene rings is 1. The fourth-order valence-corrected chi connectivity index (χ4v) is 2.86. The highest BCUT2D eigenvalue weighted by Crippen LogP contribution is 2.15. The van der Waals surface area contributed by atoms with E-state index in [-0.39, 0.29) is 24.3 Å². The highest BCUT2D eigenvalue weighted by atomic mass is 79.9. The zero-order valence-corrected chi connectivity index (χ0v) is 14.4. The molecule has 6 nitrogen and oxygen atoms in total. The van der Waals surface area contributed by atoms with Crippen LogP contribution >= 0.6 is 15.9 Å². The molecule has 1 aliphatic rings. The van der Waals surface area contributed by atoms with Crippen LogP contribution in [0.4, 0.5) is 0 Å². The number of hydrogen-bond acceptors (Lipinski definition) is 3. The van der Waals surface area contributed by atoms with Crippen molar-refractivity contribution >= 4 is 33.7 Å². The molecule has 2 N–H and O–H groups in total. The van der Waals surface area contributed by atoms with Crippen molar-refractivity contribution in [2.24, 2.45) is 0 Å². The molecule has 3 amide bonds. The quantitative estimate of drug-likeness (QED) is 0.779. The highest BCUT2D eigenvalue weighted by Gasteiger charge is 2.17. The van der Waals surface area contributed by atoms with Crippen LogP contribution in [0, 0.1) is 0 Å². The minimum absolute atomic E-state index is 0.0695. The summed E-state index contributed by atoms with van der Waals surface area (Å²) in [6, 6.07) is 7.00. The van der Waals surface area contributed by atoms with Crippen LogP contribution in [0.5, 0.6) is 0 Å². The number of carbonyl (C=O) groups excluding carboxylic acids is 3. The van der Waals surface area contributed by atoms with Crippen LogP contribution in [0.1, 0.15) is 29.6 Å². The molecular weight excluding hydrogens is 362 g/mol. The van der Waals surface area contributed by atoms with Gasteiger partial charge in [-0.25, -0.2) is 0 Å². The van der Waals surface area contributed by atoms with Crippen LogP contribution in [0.25, 0.3) is 0 Å². The molecule has 7 heteroatoms. The van der Waals surface area contributed by atoms with Gasteiger partial charge in [-0.1, -0.05) is 12.1 Å². The largest absolute Gasteiger partial charge is 0.354 e. The van der Waals surface area contributed by atoms with Gasteiger partial charge < -0.3 is 15.5 Å². The van der Waals surface area contributed by atoms with E-state index < -0.39 is 0 Å². The van der Waals surface area contributed by atoms with Crippen molar-refractivity contribution in [1.29, 1.82) is 0 Å². The average molecular weight is 382 g/mol. The molecule has 2 rings (SSSR count). The second-order valence-corrected chi connectivity index (χ2v) is 6.20. The molecule has 1 saturated heterocycles. The van der Waals surface area contributed by atoms with E-state index in [1.165, 1.54) is 0 Å². The lowest BCUT2D eigenvalue weighted by molar-refractivity contribution is -0.130. The standard InChI is InChI=1S/C16H20BrN3O3/c17-13-6-2-1-5-12(13)16(23)19-11-14(21)18-8-7-15(22)20-9-3-4-10-20/h1-2,5-6H,3-4,7-11H2,(H,18,21)(H,19,23). The molecule has 0 aromatic heterocycles. The maximum Gasteiger partial charge on any atom is 0.252 e. The second-order valence-electron chi connectivity index (χ2n) is 5.35. The maximum atomic E-state index is 11.9. The van der Waals surface area contributed by atoms with Gasteiger partial charge >= 0.3 is 0 Å². The molecule has 1 aromatic carbocycles. The molecule has 0 unspecified atom stereocenters. The summed E-state index contributed by atoms with van der Waals surface area (Å²) in [5.41, 5.74) is 0.476. The number of carbonyl (C=O) groups is 3. The van der Waals surface area contributed by atoms with Gasteiger partial charge in [-0.3, -0.25) is 14.4 Å². The Hall–Kier alpha value is -1.89. The summed E-state index contributed by atoms with van der Waals surface area (Å²) < 4.78 is 0.675. The van der Waals surface area contributed by atoms with Gasteiger partial charge in [0.2, 0.25) is 11.8 Å². The van der Waals surface area contributed by atoms with Crippen molar-refractivity contribution in [3.63, 3.8) is 0 Å². The predicted octanol–water partition coefficient (Wildman–Crippen LogP) is 1.31. The van der Waals surface area contributed by atoms with E-state index >= 15 is 0 Å². The first kappa shape index (κ1) is 17.5. The summed E-state index contributed by atoms with van der Waals surface area (Å²) in [7, 11) is 0. The maximum absolute atomic E-state index is 11.9. The Morgan fingerprint density at radius 2 is 1.78 bits per heavy atom. The topological polar surface area (TPSA) is 78.5 Å². The fourth-order valence-electron chi connectivity index (χ4n) is 2.40. The van der Waals surface area contributed by atoms with Crippen molar-refractivity contribution in [1.82, 2.24) is 15.5 Å². The summed E-state index contributed by atoms with van der Waals surface area (Å²) in [4.78, 5) is 37.3. The minimum Gasteiger partial charge on any atom is -0.354 e. The zero-order chi connectivity index (χ0) is 16.7. The van der Waals surface area contributed by atoms with Crippen molar-refractivity contribution in [3.05, 3.63) is 34.3 Å². The van der Waals surface area contributed by atoms with Crippen molar-refractivity contribution in [2.45, 2.75) is 19.3 Å². The molecule has 0 bridgehead atoms. The highest BCUT2D eigenvalue weighted by molar-refractivity contribution is 9.10. The first-order valence-corrected chi connectivity index (χ1v) is 8.44. The van der Waals surface area contributed by atoms with E-state index in [9.17, 15) is 14.4 Å². The van der Waals surface area contributed by atoms with Gasteiger partial charge in [-0.05, 0) is 40.9 Å². The average Bonchev–Trinajstić information content (AvgIpc) is 3.07. The van der Waals surface area contributed by atoms with E-state index in [0.29, 0.717) is 23.0 Å². The Morgan fingerprint density at radius 1 is 1.09 bits per heavy atom. The Labute approximate surface area is 143 Å². The van der Waals surface area contributed by atoms with Crippen LogP contribution in [-0.4, -0.2) is 48.8 Å². The molecule has 1 aliphatic heterocycles. The van der Waals surface area contributed by atoms with Crippen molar-refractivity contribution < 1.29 is 14.4 Å². The summed E-state index contributed by atoms with van der Waals surface area (Å²) in [6.07, 6.45) is 2.41. The normalized spacial score (nSPS) is 13.7. The monoisotopic (exact) mass is 381 g/mol. The van der Waals surface area contributed by atoms with Crippen LogP contribution in [0.2, 0.25) is 0 Å². The molecule has 124 valence electrons. The summed E-state index contributed by atoms with van der Waals surface area (Å²) in [5, 5.41) is 5.20. The Balaban J connectivity index is 1.66. The first-order chi connectivity index (χ1) is 11.1. The van der Waals surface area contributed by atoms with Crippen LogP contribution in [0.15, 0.2) is 28.7 Å². The van der Waals surface area contributed by atoms with Crippen molar-refractivity contribution in [3.8, 4) is 0 Å². The Bertz CT molecular complexity index is 586. The summed E-state index contributed by atoms with van der Waals surface area (Å²) in [6.45, 7) is 1.81. The number of nitrogens with one attached hydrogen (secondary N) is 2. The number of hydrogen-bond donors (Lipinski definition) is 2. The van der Waals surface area contributed by atoms with Gasteiger partial charge in [0.05, 0.1) is 12.1 Å². The third-order valence-corrected chi connectivity index (χ3v) is 4.34. The third kappa shape index (κ3) is 5.35. The lowest BCUT2D eigenvalue weighted by Crippen LogP contribution is -2.39. The fraction of sp³-hybridized carbons (Fsp3) is 0.438. The van der Waals surface area contributed by atoms with Gasteiger partial charge in [0, 0.05) is 30.5 Å². The smallest absolute Gasteiger partial charge is 0.252 e. The van der Waals surface area contributed by atoms with E-state index in [2.05, 4.69) is 26.6 Å². The van der Waals surface area contributed by atoms with Gasteiger partial charge in [-0.15, -0.1) is 0 Å². The molecule has 1 heterocycles. The molecule has 0 radical (unpaired) electrons. The van der Waals surface area contributed by atoms with Crippen LogP contribution < -0.4 is 10.6 Å².